The molecule has 0 spiro atoms. The van der Waals surface area contributed by atoms with Crippen molar-refractivity contribution in [1.29, 1.82) is 0 Å². The molecule has 0 aliphatic rings. The monoisotopic (exact) mass is 321 g/mol. The van der Waals surface area contributed by atoms with Crippen molar-refractivity contribution in [2.45, 2.75) is 26.7 Å². The smallest absolute Gasteiger partial charge is 0.222 e. The predicted octanol–water partition coefficient (Wildman–Crippen LogP) is 3.85. The van der Waals surface area contributed by atoms with E-state index in [-0.39, 0.29) is 5.91 Å². The summed E-state index contributed by atoms with van der Waals surface area (Å²) in [6.07, 6.45) is 1.67. The number of carbonyl (C=O) groups is 1. The van der Waals surface area contributed by atoms with Crippen molar-refractivity contribution in [2.24, 2.45) is 0 Å². The summed E-state index contributed by atoms with van der Waals surface area (Å²) in [6, 6.07) is 11.7. The SMILES string of the molecule is CC(=O)Nc1ccc2ncc(Nc3ccc(C(C)C)cc3)nc2n1. The van der Waals surface area contributed by atoms with Gasteiger partial charge in [0.15, 0.2) is 11.5 Å². The fraction of sp³-hybridized carbons (Fsp3) is 0.222. The molecule has 3 rings (SSSR count). The van der Waals surface area contributed by atoms with Gasteiger partial charge in [-0.05, 0) is 35.7 Å². The van der Waals surface area contributed by atoms with Crippen molar-refractivity contribution in [3.05, 3.63) is 48.2 Å². The van der Waals surface area contributed by atoms with Gasteiger partial charge in [-0.15, -0.1) is 0 Å². The molecule has 2 heterocycles. The van der Waals surface area contributed by atoms with Crippen LogP contribution in [0.15, 0.2) is 42.6 Å². The van der Waals surface area contributed by atoms with Crippen molar-refractivity contribution in [3.63, 3.8) is 0 Å². The predicted molar refractivity (Wildman–Crippen MR) is 95.5 cm³/mol. The van der Waals surface area contributed by atoms with E-state index in [2.05, 4.69) is 51.6 Å². The zero-order valence-corrected chi connectivity index (χ0v) is 13.9. The number of pyridine rings is 1. The number of nitrogens with one attached hydrogen (secondary N) is 2. The van der Waals surface area contributed by atoms with Gasteiger partial charge in [-0.2, -0.15) is 0 Å². The maximum Gasteiger partial charge on any atom is 0.222 e. The van der Waals surface area contributed by atoms with Crippen LogP contribution in [0.5, 0.6) is 0 Å². The minimum Gasteiger partial charge on any atom is -0.339 e. The summed E-state index contributed by atoms with van der Waals surface area (Å²) in [5.41, 5.74) is 3.37. The Labute approximate surface area is 140 Å². The van der Waals surface area contributed by atoms with Crippen LogP contribution in [0.4, 0.5) is 17.3 Å². The van der Waals surface area contributed by atoms with Crippen molar-refractivity contribution in [1.82, 2.24) is 15.0 Å². The molecule has 0 unspecified atom stereocenters. The number of carbonyl (C=O) groups excluding carboxylic acids is 1. The molecule has 0 fully saturated rings. The Morgan fingerprint density at radius 3 is 2.38 bits per heavy atom. The quantitative estimate of drug-likeness (QED) is 0.763. The second-order valence-corrected chi connectivity index (χ2v) is 5.88. The second kappa shape index (κ2) is 6.62. The molecular weight excluding hydrogens is 302 g/mol. The largest absolute Gasteiger partial charge is 0.339 e. The van der Waals surface area contributed by atoms with E-state index in [1.165, 1.54) is 12.5 Å². The maximum absolute atomic E-state index is 11.1. The van der Waals surface area contributed by atoms with Crippen LogP contribution in [0, 0.1) is 0 Å². The van der Waals surface area contributed by atoms with E-state index >= 15 is 0 Å². The second-order valence-electron chi connectivity index (χ2n) is 5.88. The van der Waals surface area contributed by atoms with E-state index in [1.54, 1.807) is 18.3 Å². The average Bonchev–Trinajstić information content (AvgIpc) is 2.54. The van der Waals surface area contributed by atoms with E-state index in [0.717, 1.165) is 5.69 Å². The molecule has 6 heteroatoms. The summed E-state index contributed by atoms with van der Waals surface area (Å²) >= 11 is 0. The van der Waals surface area contributed by atoms with Crippen molar-refractivity contribution < 1.29 is 4.79 Å². The molecule has 1 aromatic carbocycles. The number of hydrogen-bond donors (Lipinski definition) is 2. The van der Waals surface area contributed by atoms with Gasteiger partial charge in [-0.25, -0.2) is 15.0 Å². The maximum atomic E-state index is 11.1. The van der Waals surface area contributed by atoms with Crippen LogP contribution in [0.3, 0.4) is 0 Å². The standard InChI is InChI=1S/C18H19N5O/c1-11(2)13-4-6-14(7-5-13)21-17-10-19-15-8-9-16(20-12(3)24)22-18(15)23-17/h4-11H,1-3H3,(H2,20,21,22,23,24). The van der Waals surface area contributed by atoms with Crippen LogP contribution in [0.2, 0.25) is 0 Å². The lowest BCUT2D eigenvalue weighted by atomic mass is 10.0. The van der Waals surface area contributed by atoms with E-state index in [9.17, 15) is 4.79 Å². The Morgan fingerprint density at radius 1 is 1.00 bits per heavy atom. The fourth-order valence-corrected chi connectivity index (χ4v) is 2.31. The van der Waals surface area contributed by atoms with Gasteiger partial charge in [0.2, 0.25) is 5.91 Å². The van der Waals surface area contributed by atoms with Gasteiger partial charge in [-0.1, -0.05) is 26.0 Å². The van der Waals surface area contributed by atoms with Crippen molar-refractivity contribution in [3.8, 4) is 0 Å². The number of nitrogens with zero attached hydrogens (tertiary/aromatic N) is 3. The lowest BCUT2D eigenvalue weighted by molar-refractivity contribution is -0.114. The number of hydrogen-bond acceptors (Lipinski definition) is 5. The number of anilines is 3. The third kappa shape index (κ3) is 3.65. The molecule has 0 atom stereocenters. The van der Waals surface area contributed by atoms with Crippen LogP contribution in [0.25, 0.3) is 11.2 Å². The molecule has 0 saturated carbocycles. The molecule has 0 saturated heterocycles. The summed E-state index contributed by atoms with van der Waals surface area (Å²) in [5, 5.41) is 5.87. The highest BCUT2D eigenvalue weighted by Crippen LogP contribution is 2.20. The first-order valence-corrected chi connectivity index (χ1v) is 7.79. The number of benzene rings is 1. The molecule has 6 nitrogen and oxygen atoms in total. The molecule has 2 aromatic heterocycles. The van der Waals surface area contributed by atoms with Crippen LogP contribution in [0.1, 0.15) is 32.3 Å². The summed E-state index contributed by atoms with van der Waals surface area (Å²) in [7, 11) is 0. The van der Waals surface area contributed by atoms with Crippen LogP contribution >= 0.6 is 0 Å². The Hall–Kier alpha value is -3.02. The van der Waals surface area contributed by atoms with Gasteiger partial charge in [0.1, 0.15) is 11.3 Å². The van der Waals surface area contributed by atoms with Crippen LogP contribution in [-0.4, -0.2) is 20.9 Å². The number of aromatic nitrogens is 3. The number of amides is 1. The van der Waals surface area contributed by atoms with Crippen molar-refractivity contribution >= 4 is 34.4 Å². The lowest BCUT2D eigenvalue weighted by Crippen LogP contribution is -2.07. The summed E-state index contributed by atoms with van der Waals surface area (Å²) < 4.78 is 0. The Balaban J connectivity index is 1.85. The van der Waals surface area contributed by atoms with E-state index < -0.39 is 0 Å². The van der Waals surface area contributed by atoms with Gasteiger partial charge in [0.25, 0.3) is 0 Å². The summed E-state index contributed by atoms with van der Waals surface area (Å²) in [4.78, 5) is 24.2. The zero-order valence-electron chi connectivity index (χ0n) is 13.9. The van der Waals surface area contributed by atoms with Gasteiger partial charge < -0.3 is 10.6 Å². The van der Waals surface area contributed by atoms with E-state index in [0.29, 0.717) is 28.7 Å². The Morgan fingerprint density at radius 2 is 1.71 bits per heavy atom. The summed E-state index contributed by atoms with van der Waals surface area (Å²) in [5.74, 6) is 1.39. The molecule has 0 aliphatic heterocycles. The fourth-order valence-electron chi connectivity index (χ4n) is 2.31. The summed E-state index contributed by atoms with van der Waals surface area (Å²) in [6.45, 7) is 5.77. The molecule has 24 heavy (non-hydrogen) atoms. The molecular formula is C18H19N5O. The molecule has 3 aromatic rings. The molecule has 1 amide bonds. The molecule has 2 N–H and O–H groups in total. The number of rotatable bonds is 4. The highest BCUT2D eigenvalue weighted by molar-refractivity contribution is 5.88. The van der Waals surface area contributed by atoms with Gasteiger partial charge in [-0.3, -0.25) is 4.79 Å². The molecule has 0 radical (unpaired) electrons. The first-order valence-electron chi connectivity index (χ1n) is 7.79. The topological polar surface area (TPSA) is 79.8 Å². The molecule has 0 aliphatic carbocycles. The minimum atomic E-state index is -0.172. The van der Waals surface area contributed by atoms with Gasteiger partial charge in [0.05, 0.1) is 6.20 Å². The minimum absolute atomic E-state index is 0.172. The lowest BCUT2D eigenvalue weighted by Gasteiger charge is -2.09. The van der Waals surface area contributed by atoms with E-state index in [4.69, 9.17) is 0 Å². The number of fused-ring (bicyclic) bond motifs is 1. The highest BCUT2D eigenvalue weighted by atomic mass is 16.1. The third-order valence-electron chi connectivity index (χ3n) is 3.56. The Kier molecular flexibility index (Phi) is 4.37. The van der Waals surface area contributed by atoms with Crippen molar-refractivity contribution in [2.75, 3.05) is 10.6 Å². The average molecular weight is 321 g/mol. The third-order valence-corrected chi connectivity index (χ3v) is 3.56. The Bertz CT molecular complexity index is 874. The van der Waals surface area contributed by atoms with Crippen LogP contribution < -0.4 is 10.6 Å². The van der Waals surface area contributed by atoms with E-state index in [1.807, 2.05) is 12.1 Å². The first-order chi connectivity index (χ1) is 11.5. The highest BCUT2D eigenvalue weighted by Gasteiger charge is 2.05. The first kappa shape index (κ1) is 15.9. The molecule has 122 valence electrons. The van der Waals surface area contributed by atoms with Gasteiger partial charge >= 0.3 is 0 Å². The van der Waals surface area contributed by atoms with Crippen LogP contribution in [-0.2, 0) is 4.79 Å². The van der Waals surface area contributed by atoms with Gasteiger partial charge in [0, 0.05) is 12.6 Å². The zero-order chi connectivity index (χ0) is 17.1. The molecule has 0 bridgehead atoms. The normalized spacial score (nSPS) is 10.8.